The quantitative estimate of drug-likeness (QED) is 0.878. The number of carbonyl (C=O) groups is 1. The number of aliphatic hydroxyl groups excluding tert-OH is 1. The van der Waals surface area contributed by atoms with Crippen molar-refractivity contribution < 1.29 is 14.3 Å². The van der Waals surface area contributed by atoms with Gasteiger partial charge in [-0.2, -0.15) is 0 Å². The van der Waals surface area contributed by atoms with Gasteiger partial charge in [0.2, 0.25) is 0 Å². The zero-order chi connectivity index (χ0) is 16.0. The molecule has 5 heteroatoms. The Labute approximate surface area is 131 Å². The van der Waals surface area contributed by atoms with Crippen LogP contribution in [0, 0.1) is 11.2 Å². The lowest BCUT2D eigenvalue weighted by Gasteiger charge is -2.40. The summed E-state index contributed by atoms with van der Waals surface area (Å²) < 4.78 is 13.1. The predicted octanol–water partition coefficient (Wildman–Crippen LogP) is 2.56. The van der Waals surface area contributed by atoms with Crippen molar-refractivity contribution in [1.82, 2.24) is 10.2 Å². The average Bonchev–Trinajstić information content (AvgIpc) is 2.55. The molecule has 22 heavy (non-hydrogen) atoms. The molecule has 0 spiro atoms. The lowest BCUT2D eigenvalue weighted by Crippen LogP contribution is -2.48. The lowest BCUT2D eigenvalue weighted by molar-refractivity contribution is 0.0520. The summed E-state index contributed by atoms with van der Waals surface area (Å²) in [6.07, 6.45) is 3.25. The number of urea groups is 1. The summed E-state index contributed by atoms with van der Waals surface area (Å²) in [6, 6.07) is 6.36. The average molecular weight is 308 g/mol. The topological polar surface area (TPSA) is 52.6 Å². The molecule has 0 aromatic heterocycles. The van der Waals surface area contributed by atoms with Gasteiger partial charge in [-0.15, -0.1) is 0 Å². The predicted molar refractivity (Wildman–Crippen MR) is 84.1 cm³/mol. The van der Waals surface area contributed by atoms with Gasteiger partial charge in [0, 0.05) is 26.2 Å². The van der Waals surface area contributed by atoms with Crippen LogP contribution in [0.5, 0.6) is 0 Å². The maximum Gasteiger partial charge on any atom is 0.317 e. The van der Waals surface area contributed by atoms with E-state index < -0.39 is 0 Å². The Morgan fingerprint density at radius 2 is 2.14 bits per heavy atom. The molecule has 0 saturated carbocycles. The molecule has 1 aliphatic rings. The van der Waals surface area contributed by atoms with E-state index in [2.05, 4.69) is 12.2 Å². The van der Waals surface area contributed by atoms with Gasteiger partial charge in [0.25, 0.3) is 0 Å². The van der Waals surface area contributed by atoms with E-state index in [9.17, 15) is 14.3 Å². The summed E-state index contributed by atoms with van der Waals surface area (Å²) >= 11 is 0. The third-order valence-corrected chi connectivity index (χ3v) is 4.78. The molecule has 122 valence electrons. The van der Waals surface area contributed by atoms with Crippen LogP contribution >= 0.6 is 0 Å². The second-order valence-corrected chi connectivity index (χ2v) is 6.11. The number of nitrogens with zero attached hydrogens (tertiary/aromatic N) is 1. The van der Waals surface area contributed by atoms with Crippen molar-refractivity contribution in [1.29, 1.82) is 0 Å². The number of benzene rings is 1. The molecule has 1 fully saturated rings. The number of piperidine rings is 1. The molecule has 2 amide bonds. The summed E-state index contributed by atoms with van der Waals surface area (Å²) in [7, 11) is 0. The third-order valence-electron chi connectivity index (χ3n) is 4.78. The Kier molecular flexibility index (Phi) is 5.77. The standard InChI is InChI=1S/C17H25FN2O2/c1-2-17(13-21)7-10-20(11-8-17)16(22)19-9-6-14-4-3-5-15(18)12-14/h3-5,12,21H,2,6-11,13H2,1H3,(H,19,22). The van der Waals surface area contributed by atoms with Crippen molar-refractivity contribution in [3.63, 3.8) is 0 Å². The normalized spacial score (nSPS) is 17.3. The van der Waals surface area contributed by atoms with E-state index in [1.807, 2.05) is 6.07 Å². The van der Waals surface area contributed by atoms with Crippen molar-refractivity contribution in [2.24, 2.45) is 5.41 Å². The molecule has 1 heterocycles. The van der Waals surface area contributed by atoms with Gasteiger partial charge < -0.3 is 15.3 Å². The number of amides is 2. The lowest BCUT2D eigenvalue weighted by atomic mass is 9.77. The molecule has 2 N–H and O–H groups in total. The van der Waals surface area contributed by atoms with Crippen LogP contribution in [-0.2, 0) is 6.42 Å². The summed E-state index contributed by atoms with van der Waals surface area (Å²) in [4.78, 5) is 13.9. The highest BCUT2D eigenvalue weighted by atomic mass is 19.1. The molecule has 0 aliphatic carbocycles. The van der Waals surface area contributed by atoms with Gasteiger partial charge in [-0.25, -0.2) is 9.18 Å². The number of hydrogen-bond acceptors (Lipinski definition) is 2. The first-order valence-corrected chi connectivity index (χ1v) is 7.97. The SMILES string of the molecule is CCC1(CO)CCN(C(=O)NCCc2cccc(F)c2)CC1. The van der Waals surface area contributed by atoms with Crippen LogP contribution in [0.1, 0.15) is 31.7 Å². The smallest absolute Gasteiger partial charge is 0.317 e. The van der Waals surface area contributed by atoms with E-state index in [4.69, 9.17) is 0 Å². The van der Waals surface area contributed by atoms with Gasteiger partial charge in [-0.05, 0) is 48.8 Å². The number of halogens is 1. The Morgan fingerprint density at radius 3 is 2.73 bits per heavy atom. The highest BCUT2D eigenvalue weighted by Crippen LogP contribution is 2.34. The van der Waals surface area contributed by atoms with Gasteiger partial charge in [0.05, 0.1) is 0 Å². The Balaban J connectivity index is 1.74. The minimum absolute atomic E-state index is 0.0155. The van der Waals surface area contributed by atoms with E-state index in [1.165, 1.54) is 12.1 Å². The maximum atomic E-state index is 13.1. The van der Waals surface area contributed by atoms with Crippen LogP contribution in [0.15, 0.2) is 24.3 Å². The largest absolute Gasteiger partial charge is 0.396 e. The molecule has 4 nitrogen and oxygen atoms in total. The molecule has 1 saturated heterocycles. The fourth-order valence-electron chi connectivity index (χ4n) is 2.93. The summed E-state index contributed by atoms with van der Waals surface area (Å²) in [5.74, 6) is -0.250. The van der Waals surface area contributed by atoms with Crippen LogP contribution in [0.2, 0.25) is 0 Å². The minimum Gasteiger partial charge on any atom is -0.396 e. The van der Waals surface area contributed by atoms with Crippen molar-refractivity contribution in [2.75, 3.05) is 26.2 Å². The number of aliphatic hydroxyl groups is 1. The number of carbonyl (C=O) groups excluding carboxylic acids is 1. The number of nitrogens with one attached hydrogen (secondary N) is 1. The highest BCUT2D eigenvalue weighted by molar-refractivity contribution is 5.74. The second-order valence-electron chi connectivity index (χ2n) is 6.11. The van der Waals surface area contributed by atoms with Crippen LogP contribution in [0.25, 0.3) is 0 Å². The zero-order valence-corrected chi connectivity index (χ0v) is 13.1. The van der Waals surface area contributed by atoms with Gasteiger partial charge in [-0.3, -0.25) is 0 Å². The fraction of sp³-hybridized carbons (Fsp3) is 0.588. The molecule has 0 atom stereocenters. The molecule has 2 rings (SSSR count). The molecule has 1 aromatic rings. The number of rotatable bonds is 5. The maximum absolute atomic E-state index is 13.1. The van der Waals surface area contributed by atoms with Crippen LogP contribution in [0.4, 0.5) is 9.18 Å². The van der Waals surface area contributed by atoms with Crippen molar-refractivity contribution in [3.8, 4) is 0 Å². The van der Waals surface area contributed by atoms with E-state index in [0.29, 0.717) is 26.1 Å². The third kappa shape index (κ3) is 4.19. The van der Waals surface area contributed by atoms with Crippen molar-refractivity contribution >= 4 is 6.03 Å². The first kappa shape index (κ1) is 16.7. The van der Waals surface area contributed by atoms with Crippen LogP contribution in [0.3, 0.4) is 0 Å². The van der Waals surface area contributed by atoms with Crippen molar-refractivity contribution in [3.05, 3.63) is 35.6 Å². The molecular weight excluding hydrogens is 283 g/mol. The van der Waals surface area contributed by atoms with E-state index in [0.717, 1.165) is 24.8 Å². The Hall–Kier alpha value is -1.62. The molecule has 1 aromatic carbocycles. The number of likely N-dealkylation sites (tertiary alicyclic amines) is 1. The Bertz CT molecular complexity index is 493. The second kappa shape index (κ2) is 7.58. The first-order chi connectivity index (χ1) is 10.6. The minimum atomic E-state index is -0.250. The van der Waals surface area contributed by atoms with Gasteiger partial charge in [-0.1, -0.05) is 19.1 Å². The molecular formula is C17H25FN2O2. The molecule has 0 radical (unpaired) electrons. The van der Waals surface area contributed by atoms with Gasteiger partial charge >= 0.3 is 6.03 Å². The molecule has 1 aliphatic heterocycles. The van der Waals surface area contributed by atoms with Gasteiger partial charge in [0.15, 0.2) is 0 Å². The fourth-order valence-corrected chi connectivity index (χ4v) is 2.93. The van der Waals surface area contributed by atoms with Crippen LogP contribution in [-0.4, -0.2) is 42.3 Å². The highest BCUT2D eigenvalue weighted by Gasteiger charge is 2.33. The molecule has 0 bridgehead atoms. The number of hydrogen-bond donors (Lipinski definition) is 2. The Morgan fingerprint density at radius 1 is 1.41 bits per heavy atom. The van der Waals surface area contributed by atoms with E-state index >= 15 is 0 Å². The van der Waals surface area contributed by atoms with Crippen molar-refractivity contribution in [2.45, 2.75) is 32.6 Å². The molecule has 0 unspecified atom stereocenters. The van der Waals surface area contributed by atoms with E-state index in [-0.39, 0.29) is 23.9 Å². The summed E-state index contributed by atoms with van der Waals surface area (Å²) in [5.41, 5.74) is 0.863. The first-order valence-electron chi connectivity index (χ1n) is 7.97. The van der Waals surface area contributed by atoms with E-state index in [1.54, 1.807) is 11.0 Å². The van der Waals surface area contributed by atoms with Gasteiger partial charge in [0.1, 0.15) is 5.82 Å². The summed E-state index contributed by atoms with van der Waals surface area (Å²) in [5, 5.41) is 12.4. The monoisotopic (exact) mass is 308 g/mol. The zero-order valence-electron chi connectivity index (χ0n) is 13.1. The summed E-state index contributed by atoms with van der Waals surface area (Å²) in [6.45, 7) is 4.14. The van der Waals surface area contributed by atoms with Crippen LogP contribution < -0.4 is 5.32 Å².